The molecule has 29 heavy (non-hydrogen) atoms. The van der Waals surface area contributed by atoms with Crippen molar-refractivity contribution in [2.75, 3.05) is 16.4 Å². The van der Waals surface area contributed by atoms with Crippen molar-refractivity contribution in [2.45, 2.75) is 10.8 Å². The lowest BCUT2D eigenvalue weighted by Crippen LogP contribution is -2.15. The van der Waals surface area contributed by atoms with Gasteiger partial charge in [-0.2, -0.15) is 0 Å². The van der Waals surface area contributed by atoms with Crippen LogP contribution in [0.1, 0.15) is 5.69 Å². The molecule has 150 valence electrons. The standard InChI is InChI=1S/C19H14ClF2N3O2S2/c20-11-1-3-12(4-2-11)23-18(27)10-29-19-25-14(9-28-19)8-17(26)24-13-5-6-15(21)16(22)7-13/h1-7,9H,8,10H2,(H,23,27)(H,24,26). The molecule has 2 aromatic carbocycles. The van der Waals surface area contributed by atoms with Crippen molar-refractivity contribution in [3.63, 3.8) is 0 Å². The topological polar surface area (TPSA) is 71.1 Å². The zero-order valence-electron chi connectivity index (χ0n) is 14.7. The fraction of sp³-hybridized carbons (Fsp3) is 0.105. The Kier molecular flexibility index (Phi) is 7.18. The highest BCUT2D eigenvalue weighted by Crippen LogP contribution is 2.23. The quantitative estimate of drug-likeness (QED) is 0.494. The first-order chi connectivity index (χ1) is 13.9. The second kappa shape index (κ2) is 9.82. The van der Waals surface area contributed by atoms with Gasteiger partial charge in [-0.1, -0.05) is 23.4 Å². The molecule has 0 saturated carbocycles. The van der Waals surface area contributed by atoms with E-state index in [4.69, 9.17) is 11.6 Å². The van der Waals surface area contributed by atoms with Gasteiger partial charge in [-0.3, -0.25) is 9.59 Å². The SMILES string of the molecule is O=C(CSc1nc(CC(=O)Nc2ccc(F)c(F)c2)cs1)Nc1ccc(Cl)cc1. The Labute approximate surface area is 178 Å². The number of anilines is 2. The molecule has 0 saturated heterocycles. The summed E-state index contributed by atoms with van der Waals surface area (Å²) in [4.78, 5) is 28.3. The van der Waals surface area contributed by atoms with E-state index in [2.05, 4.69) is 15.6 Å². The van der Waals surface area contributed by atoms with E-state index in [1.807, 2.05) is 0 Å². The number of thioether (sulfide) groups is 1. The first-order valence-corrected chi connectivity index (χ1v) is 10.5. The molecule has 5 nitrogen and oxygen atoms in total. The van der Waals surface area contributed by atoms with Gasteiger partial charge in [0.15, 0.2) is 16.0 Å². The molecule has 10 heteroatoms. The summed E-state index contributed by atoms with van der Waals surface area (Å²) in [5.74, 6) is -2.45. The van der Waals surface area contributed by atoms with Crippen LogP contribution in [0.5, 0.6) is 0 Å². The Balaban J connectivity index is 1.47. The molecule has 0 unspecified atom stereocenters. The molecule has 3 aromatic rings. The number of halogens is 3. The van der Waals surface area contributed by atoms with E-state index in [-0.39, 0.29) is 23.8 Å². The normalized spacial score (nSPS) is 10.6. The Bertz CT molecular complexity index is 1030. The largest absolute Gasteiger partial charge is 0.326 e. The summed E-state index contributed by atoms with van der Waals surface area (Å²) in [6.07, 6.45) is -0.0208. The van der Waals surface area contributed by atoms with Crippen LogP contribution in [0.3, 0.4) is 0 Å². The third-order valence-electron chi connectivity index (χ3n) is 3.53. The zero-order valence-corrected chi connectivity index (χ0v) is 17.1. The number of nitrogens with one attached hydrogen (secondary N) is 2. The molecule has 1 aromatic heterocycles. The number of rotatable bonds is 7. The summed E-state index contributed by atoms with van der Waals surface area (Å²) in [6.45, 7) is 0. The smallest absolute Gasteiger partial charge is 0.234 e. The minimum atomic E-state index is -1.04. The molecule has 0 atom stereocenters. The highest BCUT2D eigenvalue weighted by molar-refractivity contribution is 8.01. The first-order valence-electron chi connectivity index (χ1n) is 8.26. The van der Waals surface area contributed by atoms with Gasteiger partial charge in [-0.05, 0) is 36.4 Å². The average molecular weight is 454 g/mol. The lowest BCUT2D eigenvalue weighted by Gasteiger charge is -2.04. The average Bonchev–Trinajstić information content (AvgIpc) is 3.12. The fourth-order valence-corrected chi connectivity index (χ4v) is 4.01. The summed E-state index contributed by atoms with van der Waals surface area (Å²) < 4.78 is 26.8. The minimum Gasteiger partial charge on any atom is -0.326 e. The van der Waals surface area contributed by atoms with E-state index < -0.39 is 17.5 Å². The van der Waals surface area contributed by atoms with Gasteiger partial charge in [0.05, 0.1) is 17.9 Å². The summed E-state index contributed by atoms with van der Waals surface area (Å²) in [7, 11) is 0. The Morgan fingerprint density at radius 2 is 1.69 bits per heavy atom. The van der Waals surface area contributed by atoms with Crippen molar-refractivity contribution >= 4 is 57.9 Å². The highest BCUT2D eigenvalue weighted by atomic mass is 35.5. The van der Waals surface area contributed by atoms with E-state index in [0.717, 1.165) is 12.1 Å². The van der Waals surface area contributed by atoms with Gasteiger partial charge in [0.1, 0.15) is 0 Å². The van der Waals surface area contributed by atoms with Gasteiger partial charge in [0, 0.05) is 27.8 Å². The fourth-order valence-electron chi connectivity index (χ4n) is 2.24. The molecule has 0 aliphatic heterocycles. The molecule has 0 radical (unpaired) electrons. The number of amides is 2. The molecule has 0 fully saturated rings. The van der Waals surface area contributed by atoms with Crippen molar-refractivity contribution in [1.29, 1.82) is 0 Å². The molecule has 0 bridgehead atoms. The van der Waals surface area contributed by atoms with Gasteiger partial charge in [0.2, 0.25) is 11.8 Å². The van der Waals surface area contributed by atoms with E-state index in [9.17, 15) is 18.4 Å². The van der Waals surface area contributed by atoms with Crippen LogP contribution < -0.4 is 10.6 Å². The van der Waals surface area contributed by atoms with Gasteiger partial charge in [-0.15, -0.1) is 11.3 Å². The highest BCUT2D eigenvalue weighted by Gasteiger charge is 2.11. The predicted octanol–water partition coefficient (Wildman–Crippen LogP) is 4.99. The van der Waals surface area contributed by atoms with Crippen LogP contribution in [-0.2, 0) is 16.0 Å². The Morgan fingerprint density at radius 1 is 1.00 bits per heavy atom. The minimum absolute atomic E-state index is 0.0208. The van der Waals surface area contributed by atoms with Gasteiger partial charge in [-0.25, -0.2) is 13.8 Å². The maximum Gasteiger partial charge on any atom is 0.234 e. The van der Waals surface area contributed by atoms with E-state index in [1.165, 1.54) is 29.2 Å². The van der Waals surface area contributed by atoms with E-state index in [1.54, 1.807) is 29.6 Å². The van der Waals surface area contributed by atoms with Crippen LogP contribution in [0.2, 0.25) is 5.02 Å². The maximum absolute atomic E-state index is 13.2. The summed E-state index contributed by atoms with van der Waals surface area (Å²) in [5.41, 5.74) is 1.34. The van der Waals surface area contributed by atoms with Crippen molar-refractivity contribution < 1.29 is 18.4 Å². The van der Waals surface area contributed by atoms with Crippen LogP contribution in [0.4, 0.5) is 20.2 Å². The number of hydrogen-bond acceptors (Lipinski definition) is 5. The summed E-state index contributed by atoms with van der Waals surface area (Å²) in [6, 6.07) is 9.91. The van der Waals surface area contributed by atoms with Crippen LogP contribution >= 0.6 is 34.7 Å². The summed E-state index contributed by atoms with van der Waals surface area (Å²) >= 11 is 8.37. The molecular formula is C19H14ClF2N3O2S2. The number of hydrogen-bond donors (Lipinski definition) is 2. The number of carbonyl (C=O) groups excluding carboxylic acids is 2. The van der Waals surface area contributed by atoms with Crippen molar-refractivity contribution in [1.82, 2.24) is 4.98 Å². The second-order valence-electron chi connectivity index (χ2n) is 5.80. The van der Waals surface area contributed by atoms with Gasteiger partial charge < -0.3 is 10.6 Å². The van der Waals surface area contributed by atoms with E-state index in [0.29, 0.717) is 20.7 Å². The van der Waals surface area contributed by atoms with Crippen molar-refractivity contribution in [3.05, 3.63) is 70.2 Å². The molecule has 2 N–H and O–H groups in total. The van der Waals surface area contributed by atoms with Crippen molar-refractivity contribution in [3.8, 4) is 0 Å². The third-order valence-corrected chi connectivity index (χ3v) is 5.85. The number of thiazole rings is 1. The number of nitrogens with zero attached hydrogens (tertiary/aromatic N) is 1. The lowest BCUT2D eigenvalue weighted by atomic mass is 10.2. The van der Waals surface area contributed by atoms with Crippen LogP contribution in [0, 0.1) is 11.6 Å². The summed E-state index contributed by atoms with van der Waals surface area (Å²) in [5, 5.41) is 7.54. The van der Waals surface area contributed by atoms with Crippen LogP contribution in [0.15, 0.2) is 52.2 Å². The predicted molar refractivity (Wildman–Crippen MR) is 112 cm³/mol. The number of carbonyl (C=O) groups is 2. The maximum atomic E-state index is 13.2. The van der Waals surface area contributed by atoms with Gasteiger partial charge >= 0.3 is 0 Å². The molecule has 0 spiro atoms. The lowest BCUT2D eigenvalue weighted by molar-refractivity contribution is -0.116. The first kappa shape index (κ1) is 21.2. The monoisotopic (exact) mass is 453 g/mol. The van der Waals surface area contributed by atoms with Gasteiger partial charge in [0.25, 0.3) is 0 Å². The Morgan fingerprint density at radius 3 is 2.41 bits per heavy atom. The third kappa shape index (κ3) is 6.52. The molecule has 0 aliphatic rings. The van der Waals surface area contributed by atoms with Crippen LogP contribution in [-0.4, -0.2) is 22.6 Å². The zero-order chi connectivity index (χ0) is 20.8. The Hall–Kier alpha value is -2.49. The molecule has 0 aliphatic carbocycles. The number of benzene rings is 2. The number of aromatic nitrogens is 1. The molecule has 1 heterocycles. The molecule has 2 amide bonds. The van der Waals surface area contributed by atoms with E-state index >= 15 is 0 Å². The van der Waals surface area contributed by atoms with Crippen molar-refractivity contribution in [2.24, 2.45) is 0 Å². The van der Waals surface area contributed by atoms with Crippen LogP contribution in [0.25, 0.3) is 0 Å². The molecular weight excluding hydrogens is 440 g/mol. The molecule has 3 rings (SSSR count). The second-order valence-corrected chi connectivity index (χ2v) is 8.32.